The summed E-state index contributed by atoms with van der Waals surface area (Å²) in [7, 11) is 1.29. The Morgan fingerprint density at radius 2 is 2.00 bits per heavy atom. The van der Waals surface area contributed by atoms with E-state index in [2.05, 4.69) is 4.74 Å². The van der Waals surface area contributed by atoms with Gasteiger partial charge in [-0.1, -0.05) is 24.3 Å². The zero-order valence-corrected chi connectivity index (χ0v) is 10.9. The summed E-state index contributed by atoms with van der Waals surface area (Å²) >= 11 is 0. The van der Waals surface area contributed by atoms with Crippen molar-refractivity contribution in [3.63, 3.8) is 0 Å². The first kappa shape index (κ1) is 14.5. The summed E-state index contributed by atoms with van der Waals surface area (Å²) in [4.78, 5) is 11.0. The topological polar surface area (TPSA) is 75.4 Å². The minimum atomic E-state index is -0.669. The van der Waals surface area contributed by atoms with Gasteiger partial charge in [-0.2, -0.15) is 0 Å². The van der Waals surface area contributed by atoms with Gasteiger partial charge in [0, 0.05) is 0 Å². The SMILES string of the molecule is COC(=O)C(N)Cc1ccc([O-])cc1.[Na+]. The van der Waals surface area contributed by atoms with Crippen LogP contribution in [0.4, 0.5) is 0 Å². The minimum Gasteiger partial charge on any atom is -0.872 e. The van der Waals surface area contributed by atoms with E-state index in [1.165, 1.54) is 19.2 Å². The fraction of sp³-hybridized carbons (Fsp3) is 0.300. The average molecular weight is 217 g/mol. The molecule has 4 nitrogen and oxygen atoms in total. The van der Waals surface area contributed by atoms with Crippen LogP contribution in [-0.2, 0) is 16.0 Å². The van der Waals surface area contributed by atoms with Crippen LogP contribution in [-0.4, -0.2) is 19.1 Å². The van der Waals surface area contributed by atoms with Gasteiger partial charge in [0.25, 0.3) is 0 Å². The number of hydrogen-bond acceptors (Lipinski definition) is 4. The van der Waals surface area contributed by atoms with Crippen molar-refractivity contribution in [2.24, 2.45) is 5.73 Å². The Morgan fingerprint density at radius 3 is 2.47 bits per heavy atom. The molecule has 15 heavy (non-hydrogen) atoms. The normalized spacial score (nSPS) is 11.3. The second-order valence-electron chi connectivity index (χ2n) is 2.98. The van der Waals surface area contributed by atoms with Crippen LogP contribution < -0.4 is 40.4 Å². The molecule has 0 saturated carbocycles. The van der Waals surface area contributed by atoms with Crippen LogP contribution in [0, 0.1) is 0 Å². The number of nitrogens with two attached hydrogens (primary N) is 1. The predicted octanol–water partition coefficient (Wildman–Crippen LogP) is -3.19. The van der Waals surface area contributed by atoms with Crippen molar-refractivity contribution in [2.75, 3.05) is 7.11 Å². The van der Waals surface area contributed by atoms with Crippen LogP contribution in [0.2, 0.25) is 0 Å². The standard InChI is InChI=1S/C10H13NO3.Na/c1-14-10(13)9(11)6-7-2-4-8(12)5-3-7;/h2-5,9,12H,6,11H2,1H3;/q;+1/p-1. The molecule has 0 heterocycles. The minimum absolute atomic E-state index is 0. The van der Waals surface area contributed by atoms with Crippen molar-refractivity contribution in [3.8, 4) is 5.75 Å². The van der Waals surface area contributed by atoms with Gasteiger partial charge < -0.3 is 15.6 Å². The molecule has 1 rings (SSSR count). The van der Waals surface area contributed by atoms with Gasteiger partial charge in [-0.05, 0) is 12.0 Å². The molecular formula is C10H12NNaO3. The molecule has 0 saturated heterocycles. The molecule has 1 aromatic carbocycles. The molecule has 5 heteroatoms. The van der Waals surface area contributed by atoms with Crippen molar-refractivity contribution in [2.45, 2.75) is 12.5 Å². The molecule has 0 radical (unpaired) electrons. The van der Waals surface area contributed by atoms with Gasteiger partial charge in [0.05, 0.1) is 7.11 Å². The molecule has 0 aliphatic heterocycles. The second kappa shape index (κ2) is 6.85. The fourth-order valence-electron chi connectivity index (χ4n) is 1.11. The van der Waals surface area contributed by atoms with E-state index in [9.17, 15) is 9.90 Å². The summed E-state index contributed by atoms with van der Waals surface area (Å²) in [5.41, 5.74) is 6.39. The number of ether oxygens (including phenoxy) is 1. The van der Waals surface area contributed by atoms with E-state index in [1.807, 2.05) is 0 Å². The molecular weight excluding hydrogens is 205 g/mol. The van der Waals surface area contributed by atoms with E-state index < -0.39 is 12.0 Å². The maximum absolute atomic E-state index is 11.0. The summed E-state index contributed by atoms with van der Waals surface area (Å²) in [6.45, 7) is 0. The third-order valence-corrected chi connectivity index (χ3v) is 1.88. The quantitative estimate of drug-likeness (QED) is 0.427. The summed E-state index contributed by atoms with van der Waals surface area (Å²) < 4.78 is 4.48. The van der Waals surface area contributed by atoms with Crippen LogP contribution in [0.25, 0.3) is 0 Å². The Balaban J connectivity index is 0.00000196. The average Bonchev–Trinajstić information content (AvgIpc) is 2.20. The van der Waals surface area contributed by atoms with Gasteiger partial charge >= 0.3 is 35.5 Å². The maximum Gasteiger partial charge on any atom is 1.00 e. The molecule has 0 bridgehead atoms. The Kier molecular flexibility index (Phi) is 6.60. The molecule has 0 fully saturated rings. The molecule has 0 spiro atoms. The molecule has 0 aliphatic rings. The Hall–Kier alpha value is -0.550. The van der Waals surface area contributed by atoms with Crippen LogP contribution in [0.1, 0.15) is 5.56 Å². The van der Waals surface area contributed by atoms with Crippen molar-refractivity contribution in [1.82, 2.24) is 0 Å². The molecule has 1 atom stereocenters. The Labute approximate surface area is 111 Å². The van der Waals surface area contributed by atoms with E-state index in [0.717, 1.165) is 5.56 Å². The van der Waals surface area contributed by atoms with Crippen molar-refractivity contribution < 1.29 is 44.2 Å². The number of carbonyl (C=O) groups is 1. The zero-order chi connectivity index (χ0) is 10.6. The number of benzene rings is 1. The van der Waals surface area contributed by atoms with Crippen molar-refractivity contribution in [3.05, 3.63) is 29.8 Å². The number of esters is 1. The van der Waals surface area contributed by atoms with Crippen molar-refractivity contribution in [1.29, 1.82) is 0 Å². The third kappa shape index (κ3) is 4.66. The molecule has 0 aromatic heterocycles. The summed E-state index contributed by atoms with van der Waals surface area (Å²) in [6, 6.07) is 5.53. The molecule has 0 aliphatic carbocycles. The van der Waals surface area contributed by atoms with Gasteiger partial charge in [-0.25, -0.2) is 0 Å². The van der Waals surface area contributed by atoms with Crippen LogP contribution in [0.15, 0.2) is 24.3 Å². The second-order valence-corrected chi connectivity index (χ2v) is 2.98. The number of rotatable bonds is 3. The number of carbonyl (C=O) groups excluding carboxylic acids is 1. The largest absolute Gasteiger partial charge is 1.00 e. The number of methoxy groups -OCH3 is 1. The Bertz CT molecular complexity index is 313. The first-order valence-electron chi connectivity index (χ1n) is 4.23. The van der Waals surface area contributed by atoms with Crippen LogP contribution in [0.5, 0.6) is 5.75 Å². The van der Waals surface area contributed by atoms with E-state index in [4.69, 9.17) is 5.73 Å². The van der Waals surface area contributed by atoms with Crippen molar-refractivity contribution >= 4 is 5.97 Å². The smallest absolute Gasteiger partial charge is 0.872 e. The molecule has 2 N–H and O–H groups in total. The van der Waals surface area contributed by atoms with Gasteiger partial charge in [0.2, 0.25) is 0 Å². The molecule has 76 valence electrons. The van der Waals surface area contributed by atoms with Crippen LogP contribution >= 0.6 is 0 Å². The summed E-state index contributed by atoms with van der Waals surface area (Å²) in [5, 5.41) is 10.8. The Morgan fingerprint density at radius 1 is 1.47 bits per heavy atom. The predicted molar refractivity (Wildman–Crippen MR) is 49.6 cm³/mol. The van der Waals surface area contributed by atoms with Gasteiger partial charge in [0.15, 0.2) is 0 Å². The van der Waals surface area contributed by atoms with Crippen LogP contribution in [0.3, 0.4) is 0 Å². The van der Waals surface area contributed by atoms with E-state index in [1.54, 1.807) is 12.1 Å². The fourth-order valence-corrected chi connectivity index (χ4v) is 1.11. The molecule has 1 aromatic rings. The molecule has 1 unspecified atom stereocenters. The first-order chi connectivity index (χ1) is 6.63. The zero-order valence-electron chi connectivity index (χ0n) is 8.90. The first-order valence-corrected chi connectivity index (χ1v) is 4.23. The van der Waals surface area contributed by atoms with E-state index in [0.29, 0.717) is 6.42 Å². The summed E-state index contributed by atoms with van der Waals surface area (Å²) in [6.07, 6.45) is 0.382. The molecule has 0 amide bonds. The number of hydrogen-bond donors (Lipinski definition) is 1. The monoisotopic (exact) mass is 217 g/mol. The van der Waals surface area contributed by atoms with E-state index in [-0.39, 0.29) is 35.3 Å². The third-order valence-electron chi connectivity index (χ3n) is 1.88. The van der Waals surface area contributed by atoms with Gasteiger partial charge in [-0.15, -0.1) is 5.75 Å². The van der Waals surface area contributed by atoms with Gasteiger partial charge in [0.1, 0.15) is 6.04 Å². The summed E-state index contributed by atoms with van der Waals surface area (Å²) in [5.74, 6) is -0.503. The van der Waals surface area contributed by atoms with Gasteiger partial charge in [-0.3, -0.25) is 4.79 Å². The maximum atomic E-state index is 11.0. The van der Waals surface area contributed by atoms with E-state index >= 15 is 0 Å².